The van der Waals surface area contributed by atoms with Crippen molar-refractivity contribution in [3.63, 3.8) is 0 Å². The highest BCUT2D eigenvalue weighted by Gasteiger charge is 2.12. The van der Waals surface area contributed by atoms with Crippen molar-refractivity contribution in [3.8, 4) is 0 Å². The number of aryl methyl sites for hydroxylation is 1. The summed E-state index contributed by atoms with van der Waals surface area (Å²) in [5.41, 5.74) is 2.99. The molecule has 100 valence electrons. The second-order valence-corrected chi connectivity index (χ2v) is 4.57. The van der Waals surface area contributed by atoms with Crippen molar-refractivity contribution in [1.29, 1.82) is 0 Å². The van der Waals surface area contributed by atoms with Crippen LogP contribution in [-0.2, 0) is 11.4 Å². The van der Waals surface area contributed by atoms with Crippen molar-refractivity contribution in [1.82, 2.24) is 4.90 Å². The summed E-state index contributed by atoms with van der Waals surface area (Å²) in [4.78, 5) is 15.4. The Kier molecular flexibility index (Phi) is 5.16. The van der Waals surface area contributed by atoms with E-state index in [4.69, 9.17) is 5.11 Å². The van der Waals surface area contributed by atoms with E-state index in [-0.39, 0.29) is 12.5 Å². The monoisotopic (exact) mass is 250 g/mol. The van der Waals surface area contributed by atoms with Crippen molar-refractivity contribution in [3.05, 3.63) is 29.3 Å². The van der Waals surface area contributed by atoms with Gasteiger partial charge < -0.3 is 14.9 Å². The van der Waals surface area contributed by atoms with E-state index in [1.165, 1.54) is 0 Å². The van der Waals surface area contributed by atoms with Crippen LogP contribution in [-0.4, -0.2) is 43.1 Å². The van der Waals surface area contributed by atoms with Crippen molar-refractivity contribution >= 4 is 11.6 Å². The normalized spacial score (nSPS) is 10.3. The fourth-order valence-electron chi connectivity index (χ4n) is 1.74. The van der Waals surface area contributed by atoms with Crippen LogP contribution in [0, 0.1) is 6.92 Å². The Labute approximate surface area is 109 Å². The third-order valence-corrected chi connectivity index (χ3v) is 3.07. The van der Waals surface area contributed by atoms with E-state index in [2.05, 4.69) is 0 Å². The molecular weight excluding hydrogens is 228 g/mol. The Morgan fingerprint density at radius 3 is 2.44 bits per heavy atom. The molecule has 0 aliphatic carbocycles. The van der Waals surface area contributed by atoms with Gasteiger partial charge in [0.1, 0.15) is 0 Å². The van der Waals surface area contributed by atoms with Gasteiger partial charge >= 0.3 is 0 Å². The van der Waals surface area contributed by atoms with Gasteiger partial charge in [-0.05, 0) is 37.1 Å². The van der Waals surface area contributed by atoms with E-state index in [0.29, 0.717) is 6.54 Å². The van der Waals surface area contributed by atoms with Gasteiger partial charge in [0.2, 0.25) is 5.91 Å². The van der Waals surface area contributed by atoms with E-state index in [1.54, 1.807) is 19.0 Å². The van der Waals surface area contributed by atoms with Gasteiger partial charge in [-0.15, -0.1) is 0 Å². The topological polar surface area (TPSA) is 43.8 Å². The summed E-state index contributed by atoms with van der Waals surface area (Å²) in [5, 5.41) is 9.15. The molecular formula is C14H22N2O2. The largest absolute Gasteiger partial charge is 0.392 e. The van der Waals surface area contributed by atoms with Crippen LogP contribution in [0.4, 0.5) is 5.69 Å². The number of carbonyl (C=O) groups excluding carboxylic acids is 1. The molecule has 0 bridgehead atoms. The van der Waals surface area contributed by atoms with E-state index >= 15 is 0 Å². The first-order valence-corrected chi connectivity index (χ1v) is 6.15. The number of aliphatic hydroxyl groups is 1. The Morgan fingerprint density at radius 2 is 2.00 bits per heavy atom. The van der Waals surface area contributed by atoms with Gasteiger partial charge in [0.25, 0.3) is 0 Å². The number of hydrogen-bond donors (Lipinski definition) is 1. The molecule has 0 fully saturated rings. The van der Waals surface area contributed by atoms with Gasteiger partial charge in [-0.25, -0.2) is 0 Å². The number of aliphatic hydroxyl groups excluding tert-OH is 1. The average molecular weight is 250 g/mol. The zero-order valence-corrected chi connectivity index (χ0v) is 11.6. The number of likely N-dealkylation sites (N-methyl/N-ethyl adjacent to an activating group) is 2. The van der Waals surface area contributed by atoms with Gasteiger partial charge in [0.15, 0.2) is 0 Å². The summed E-state index contributed by atoms with van der Waals surface area (Å²) in [7, 11) is 3.52. The Balaban J connectivity index is 2.88. The van der Waals surface area contributed by atoms with Crippen LogP contribution in [0.15, 0.2) is 18.2 Å². The number of carbonyl (C=O) groups is 1. The molecule has 4 heteroatoms. The number of anilines is 1. The quantitative estimate of drug-likeness (QED) is 0.859. The maximum atomic E-state index is 11.7. The van der Waals surface area contributed by atoms with Crippen LogP contribution in [0.25, 0.3) is 0 Å². The number of benzene rings is 1. The molecule has 0 aliphatic rings. The van der Waals surface area contributed by atoms with Crippen molar-refractivity contribution < 1.29 is 9.90 Å². The lowest BCUT2D eigenvalue weighted by Gasteiger charge is -2.25. The molecule has 1 N–H and O–H groups in total. The standard InChI is InChI=1S/C14H22N2O2/c1-5-16(9-14(18)15(3)4)13-7-6-12(10-17)11(2)8-13/h6-8,17H,5,9-10H2,1-4H3. The second-order valence-electron chi connectivity index (χ2n) is 4.57. The lowest BCUT2D eigenvalue weighted by Crippen LogP contribution is -2.36. The molecule has 0 radical (unpaired) electrons. The highest BCUT2D eigenvalue weighted by molar-refractivity contribution is 5.81. The molecule has 0 atom stereocenters. The fraction of sp³-hybridized carbons (Fsp3) is 0.500. The van der Waals surface area contributed by atoms with Crippen LogP contribution in [0.3, 0.4) is 0 Å². The SMILES string of the molecule is CCN(CC(=O)N(C)C)c1ccc(CO)c(C)c1. The summed E-state index contributed by atoms with van der Waals surface area (Å²) >= 11 is 0. The molecule has 1 aromatic rings. The van der Waals surface area contributed by atoms with Gasteiger partial charge in [-0.2, -0.15) is 0 Å². The first kappa shape index (κ1) is 14.5. The third-order valence-electron chi connectivity index (χ3n) is 3.07. The van der Waals surface area contributed by atoms with Gasteiger partial charge in [-0.3, -0.25) is 4.79 Å². The Hall–Kier alpha value is -1.55. The van der Waals surface area contributed by atoms with Gasteiger partial charge in [0.05, 0.1) is 13.2 Å². The number of nitrogens with zero attached hydrogens (tertiary/aromatic N) is 2. The Bertz CT molecular complexity index is 416. The van der Waals surface area contributed by atoms with E-state index in [0.717, 1.165) is 23.4 Å². The minimum Gasteiger partial charge on any atom is -0.392 e. The minimum atomic E-state index is 0.0505. The zero-order valence-electron chi connectivity index (χ0n) is 11.6. The van der Waals surface area contributed by atoms with Crippen LogP contribution in [0.5, 0.6) is 0 Å². The molecule has 0 aliphatic heterocycles. The van der Waals surface area contributed by atoms with Crippen molar-refractivity contribution in [2.75, 3.05) is 32.1 Å². The molecule has 0 spiro atoms. The molecule has 0 saturated carbocycles. The second kappa shape index (κ2) is 6.40. The maximum Gasteiger partial charge on any atom is 0.241 e. The number of hydrogen-bond acceptors (Lipinski definition) is 3. The highest BCUT2D eigenvalue weighted by Crippen LogP contribution is 2.19. The van der Waals surface area contributed by atoms with E-state index in [1.807, 2.05) is 36.9 Å². The summed E-state index contributed by atoms with van der Waals surface area (Å²) in [6.07, 6.45) is 0. The summed E-state index contributed by atoms with van der Waals surface area (Å²) < 4.78 is 0. The first-order chi connectivity index (χ1) is 8.49. The molecule has 0 aromatic heterocycles. The van der Waals surface area contributed by atoms with Crippen molar-refractivity contribution in [2.45, 2.75) is 20.5 Å². The zero-order chi connectivity index (χ0) is 13.7. The van der Waals surface area contributed by atoms with Gasteiger partial charge in [-0.1, -0.05) is 6.07 Å². The average Bonchev–Trinajstić information content (AvgIpc) is 2.35. The Morgan fingerprint density at radius 1 is 1.33 bits per heavy atom. The third kappa shape index (κ3) is 3.47. The van der Waals surface area contributed by atoms with Gasteiger partial charge in [0, 0.05) is 26.3 Å². The molecule has 1 amide bonds. The smallest absolute Gasteiger partial charge is 0.241 e. The molecule has 1 aromatic carbocycles. The maximum absolute atomic E-state index is 11.7. The summed E-state index contributed by atoms with van der Waals surface area (Å²) in [5.74, 6) is 0.0840. The number of rotatable bonds is 5. The van der Waals surface area contributed by atoms with Crippen LogP contribution < -0.4 is 4.90 Å². The van der Waals surface area contributed by atoms with Crippen LogP contribution >= 0.6 is 0 Å². The molecule has 18 heavy (non-hydrogen) atoms. The minimum absolute atomic E-state index is 0.0505. The summed E-state index contributed by atoms with van der Waals surface area (Å²) in [6.45, 7) is 5.20. The predicted octanol–water partition coefficient (Wildman–Crippen LogP) is 1.40. The molecule has 1 rings (SSSR count). The first-order valence-electron chi connectivity index (χ1n) is 6.15. The lowest BCUT2D eigenvalue weighted by molar-refractivity contribution is -0.127. The molecule has 4 nitrogen and oxygen atoms in total. The molecule has 0 saturated heterocycles. The predicted molar refractivity (Wildman–Crippen MR) is 73.7 cm³/mol. The highest BCUT2D eigenvalue weighted by atomic mass is 16.3. The molecule has 0 heterocycles. The van der Waals surface area contributed by atoms with Crippen molar-refractivity contribution in [2.24, 2.45) is 0 Å². The van der Waals surface area contributed by atoms with Crippen LogP contribution in [0.2, 0.25) is 0 Å². The molecule has 0 unspecified atom stereocenters. The van der Waals surface area contributed by atoms with Crippen LogP contribution in [0.1, 0.15) is 18.1 Å². The number of amides is 1. The fourth-order valence-corrected chi connectivity index (χ4v) is 1.74. The van der Waals surface area contributed by atoms with E-state index < -0.39 is 0 Å². The summed E-state index contributed by atoms with van der Waals surface area (Å²) in [6, 6.07) is 5.87. The van der Waals surface area contributed by atoms with E-state index in [9.17, 15) is 4.79 Å². The lowest BCUT2D eigenvalue weighted by atomic mass is 10.1.